The first kappa shape index (κ1) is 17.1. The quantitative estimate of drug-likeness (QED) is 0.756. The number of rotatable bonds is 5. The molecule has 0 saturated carbocycles. The molecular weight excluding hydrogens is 342 g/mol. The molecule has 0 aliphatic carbocycles. The van der Waals surface area contributed by atoms with Gasteiger partial charge in [-0.2, -0.15) is 9.90 Å². The monoisotopic (exact) mass is 359 g/mol. The maximum absolute atomic E-state index is 12.5. The van der Waals surface area contributed by atoms with E-state index >= 15 is 0 Å². The van der Waals surface area contributed by atoms with E-state index in [0.717, 1.165) is 5.56 Å². The van der Waals surface area contributed by atoms with Crippen molar-refractivity contribution >= 4 is 23.3 Å². The Labute approximate surface area is 149 Å². The van der Waals surface area contributed by atoms with Gasteiger partial charge in [0.1, 0.15) is 11.9 Å². The van der Waals surface area contributed by atoms with E-state index in [-0.39, 0.29) is 11.9 Å². The lowest BCUT2D eigenvalue weighted by atomic mass is 10.2. The Morgan fingerprint density at radius 1 is 1.16 bits per heavy atom. The molecule has 1 amide bonds. The second-order valence-electron chi connectivity index (χ2n) is 5.86. The average molecular weight is 360 g/mol. The third kappa shape index (κ3) is 3.69. The molecule has 9 heteroatoms. The fourth-order valence-corrected chi connectivity index (χ4v) is 2.39. The predicted octanol–water partition coefficient (Wildman–Crippen LogP) is 2.97. The molecule has 1 unspecified atom stereocenters. The Kier molecular flexibility index (Phi) is 4.80. The van der Waals surface area contributed by atoms with Crippen LogP contribution in [-0.2, 0) is 4.79 Å². The molecule has 1 aromatic carbocycles. The van der Waals surface area contributed by atoms with Gasteiger partial charge in [-0.05, 0) is 50.3 Å². The van der Waals surface area contributed by atoms with E-state index in [9.17, 15) is 4.79 Å². The molecule has 1 N–H and O–H groups in total. The number of aromatic nitrogens is 6. The van der Waals surface area contributed by atoms with Crippen molar-refractivity contribution in [3.8, 4) is 11.4 Å². The second kappa shape index (κ2) is 7.02. The molecule has 0 saturated heterocycles. The fourth-order valence-electron chi connectivity index (χ4n) is 2.26. The molecule has 0 spiro atoms. The molecule has 3 aromatic rings. The van der Waals surface area contributed by atoms with E-state index in [1.807, 2.05) is 13.8 Å². The van der Waals surface area contributed by atoms with Crippen molar-refractivity contribution in [2.75, 3.05) is 5.32 Å². The van der Waals surface area contributed by atoms with Crippen LogP contribution in [0.4, 0.5) is 5.82 Å². The second-order valence-corrected chi connectivity index (χ2v) is 6.30. The highest BCUT2D eigenvalue weighted by Crippen LogP contribution is 2.19. The molecule has 0 aliphatic rings. The van der Waals surface area contributed by atoms with Crippen molar-refractivity contribution in [1.29, 1.82) is 0 Å². The van der Waals surface area contributed by atoms with E-state index in [1.165, 1.54) is 4.80 Å². The normalized spacial score (nSPS) is 12.4. The molecule has 3 rings (SSSR count). The summed E-state index contributed by atoms with van der Waals surface area (Å²) in [4.78, 5) is 13.8. The first-order valence-corrected chi connectivity index (χ1v) is 8.23. The number of nitrogens with zero attached hydrogens (tertiary/aromatic N) is 6. The summed E-state index contributed by atoms with van der Waals surface area (Å²) >= 11 is 5.88. The first-order valence-electron chi connectivity index (χ1n) is 7.85. The third-order valence-corrected chi connectivity index (χ3v) is 3.92. The van der Waals surface area contributed by atoms with Crippen molar-refractivity contribution < 1.29 is 4.79 Å². The van der Waals surface area contributed by atoms with Gasteiger partial charge in [-0.3, -0.25) is 4.79 Å². The van der Waals surface area contributed by atoms with Gasteiger partial charge in [-0.25, -0.2) is 4.68 Å². The van der Waals surface area contributed by atoms with Crippen LogP contribution in [0.1, 0.15) is 32.9 Å². The van der Waals surface area contributed by atoms with E-state index in [0.29, 0.717) is 16.7 Å². The average Bonchev–Trinajstić information content (AvgIpc) is 3.24. The summed E-state index contributed by atoms with van der Waals surface area (Å²) in [5.41, 5.74) is 0.779. The van der Waals surface area contributed by atoms with E-state index < -0.39 is 6.04 Å². The summed E-state index contributed by atoms with van der Waals surface area (Å²) in [5, 5.41) is 19.9. The number of hydrogen-bond acceptors (Lipinski definition) is 5. The highest BCUT2D eigenvalue weighted by molar-refractivity contribution is 6.30. The number of carbonyl (C=O) groups is 1. The smallest absolute Gasteiger partial charge is 0.252 e. The minimum atomic E-state index is -0.621. The van der Waals surface area contributed by atoms with Crippen LogP contribution in [0.5, 0.6) is 0 Å². The van der Waals surface area contributed by atoms with Crippen molar-refractivity contribution in [2.24, 2.45) is 0 Å². The minimum absolute atomic E-state index is 0.140. The SMILES string of the molecule is CC(C(=O)Nc1ccnn1C(C)C)n1nnc(-c2ccc(Cl)cc2)n1. The van der Waals surface area contributed by atoms with Crippen LogP contribution in [0.2, 0.25) is 5.02 Å². The van der Waals surface area contributed by atoms with Crippen LogP contribution in [0.3, 0.4) is 0 Å². The van der Waals surface area contributed by atoms with Crippen LogP contribution in [0, 0.1) is 0 Å². The minimum Gasteiger partial charge on any atom is -0.309 e. The van der Waals surface area contributed by atoms with Gasteiger partial charge in [-0.15, -0.1) is 10.2 Å². The van der Waals surface area contributed by atoms with Crippen LogP contribution >= 0.6 is 11.6 Å². The van der Waals surface area contributed by atoms with Crippen LogP contribution in [-0.4, -0.2) is 35.9 Å². The number of anilines is 1. The van der Waals surface area contributed by atoms with Gasteiger partial charge in [-0.1, -0.05) is 11.6 Å². The summed E-state index contributed by atoms with van der Waals surface area (Å²) in [5.74, 6) is 0.816. The number of amides is 1. The van der Waals surface area contributed by atoms with Gasteiger partial charge in [0, 0.05) is 22.7 Å². The largest absolute Gasteiger partial charge is 0.309 e. The number of tetrazole rings is 1. The number of carbonyl (C=O) groups excluding carboxylic acids is 1. The molecule has 0 fully saturated rings. The number of hydrogen-bond donors (Lipinski definition) is 1. The topological polar surface area (TPSA) is 90.5 Å². The zero-order valence-electron chi connectivity index (χ0n) is 14.1. The Balaban J connectivity index is 1.74. The Morgan fingerprint density at radius 2 is 1.88 bits per heavy atom. The lowest BCUT2D eigenvalue weighted by Gasteiger charge is -2.14. The molecule has 2 heterocycles. The molecule has 0 radical (unpaired) electrons. The van der Waals surface area contributed by atoms with Gasteiger partial charge < -0.3 is 5.32 Å². The highest BCUT2D eigenvalue weighted by atomic mass is 35.5. The van der Waals surface area contributed by atoms with Crippen LogP contribution in [0.15, 0.2) is 36.5 Å². The Morgan fingerprint density at radius 3 is 2.56 bits per heavy atom. The van der Waals surface area contributed by atoms with Gasteiger partial charge >= 0.3 is 0 Å². The molecule has 0 bridgehead atoms. The van der Waals surface area contributed by atoms with E-state index in [2.05, 4.69) is 25.8 Å². The van der Waals surface area contributed by atoms with Gasteiger partial charge in [0.15, 0.2) is 0 Å². The van der Waals surface area contributed by atoms with Gasteiger partial charge in [0.25, 0.3) is 5.91 Å². The highest BCUT2D eigenvalue weighted by Gasteiger charge is 2.20. The molecule has 0 aliphatic heterocycles. The van der Waals surface area contributed by atoms with Crippen molar-refractivity contribution in [3.63, 3.8) is 0 Å². The lowest BCUT2D eigenvalue weighted by molar-refractivity contribution is -0.119. The number of benzene rings is 1. The summed E-state index contributed by atoms with van der Waals surface area (Å²) in [6.45, 7) is 5.69. The molecule has 2 aromatic heterocycles. The zero-order valence-corrected chi connectivity index (χ0v) is 14.8. The predicted molar refractivity (Wildman–Crippen MR) is 94.2 cm³/mol. The summed E-state index contributed by atoms with van der Waals surface area (Å²) in [6, 6.07) is 8.37. The summed E-state index contributed by atoms with van der Waals surface area (Å²) in [7, 11) is 0. The Hall–Kier alpha value is -2.74. The Bertz CT molecular complexity index is 869. The summed E-state index contributed by atoms with van der Waals surface area (Å²) in [6.07, 6.45) is 1.65. The molecule has 1 atom stereocenters. The molecule has 8 nitrogen and oxygen atoms in total. The third-order valence-electron chi connectivity index (χ3n) is 3.67. The maximum atomic E-state index is 12.5. The standard InChI is InChI=1S/C16H18ClN7O/c1-10(2)23-14(8-9-18-23)19-16(25)11(3)24-21-15(20-22-24)12-4-6-13(17)7-5-12/h4-11H,1-3H3,(H,19,25). The van der Waals surface area contributed by atoms with Crippen molar-refractivity contribution in [1.82, 2.24) is 30.0 Å². The van der Waals surface area contributed by atoms with Crippen LogP contribution < -0.4 is 5.32 Å². The molecule has 25 heavy (non-hydrogen) atoms. The maximum Gasteiger partial charge on any atom is 0.252 e. The van der Waals surface area contributed by atoms with Crippen molar-refractivity contribution in [2.45, 2.75) is 32.9 Å². The summed E-state index contributed by atoms with van der Waals surface area (Å²) < 4.78 is 1.73. The van der Waals surface area contributed by atoms with Gasteiger partial charge in [0.05, 0.1) is 6.20 Å². The van der Waals surface area contributed by atoms with Gasteiger partial charge in [0.2, 0.25) is 5.82 Å². The van der Waals surface area contributed by atoms with E-state index in [1.54, 1.807) is 48.1 Å². The zero-order chi connectivity index (χ0) is 18.0. The molecular formula is C16H18ClN7O. The fraction of sp³-hybridized carbons (Fsp3) is 0.312. The molecule has 130 valence electrons. The number of halogens is 1. The van der Waals surface area contributed by atoms with E-state index in [4.69, 9.17) is 11.6 Å². The first-order chi connectivity index (χ1) is 12.0. The number of nitrogens with one attached hydrogen (secondary N) is 1. The lowest BCUT2D eigenvalue weighted by Crippen LogP contribution is -2.26. The van der Waals surface area contributed by atoms with Crippen molar-refractivity contribution in [3.05, 3.63) is 41.6 Å². The van der Waals surface area contributed by atoms with Crippen LogP contribution in [0.25, 0.3) is 11.4 Å².